The molecule has 0 aromatic carbocycles. The van der Waals surface area contributed by atoms with Crippen molar-refractivity contribution in [1.29, 1.82) is 0 Å². The molecule has 1 atom stereocenters. The molecule has 86 valence electrons. The van der Waals surface area contributed by atoms with Gasteiger partial charge in [0.25, 0.3) is 0 Å². The summed E-state index contributed by atoms with van der Waals surface area (Å²) in [5, 5.41) is 4.15. The summed E-state index contributed by atoms with van der Waals surface area (Å²) in [5.41, 5.74) is 8.33. The standard InChI is InChI=1S/C12H16N2OS/c1-8-5-6-16-12(8)10-7-11(13)15-14(10)9-3-2-4-9/h5-7,9,11H,2-4,13H2,1H3. The molecule has 0 radical (unpaired) electrons. The van der Waals surface area contributed by atoms with Gasteiger partial charge in [0.15, 0.2) is 6.23 Å². The van der Waals surface area contributed by atoms with Crippen LogP contribution < -0.4 is 5.73 Å². The first-order valence-corrected chi connectivity index (χ1v) is 6.61. The van der Waals surface area contributed by atoms with Crippen LogP contribution in [-0.4, -0.2) is 17.3 Å². The lowest BCUT2D eigenvalue weighted by atomic mass is 9.92. The zero-order chi connectivity index (χ0) is 11.1. The highest BCUT2D eigenvalue weighted by molar-refractivity contribution is 7.11. The summed E-state index contributed by atoms with van der Waals surface area (Å²) in [6.45, 7) is 2.13. The van der Waals surface area contributed by atoms with Crippen molar-refractivity contribution in [2.45, 2.75) is 38.5 Å². The minimum Gasteiger partial charge on any atom is -0.301 e. The van der Waals surface area contributed by atoms with Crippen LogP contribution in [0.5, 0.6) is 0 Å². The van der Waals surface area contributed by atoms with Crippen molar-refractivity contribution in [2.24, 2.45) is 5.73 Å². The number of nitrogens with two attached hydrogens (primary N) is 1. The van der Waals surface area contributed by atoms with E-state index in [1.807, 2.05) is 11.1 Å². The Morgan fingerprint density at radius 2 is 2.31 bits per heavy atom. The molecule has 2 heterocycles. The lowest BCUT2D eigenvalue weighted by molar-refractivity contribution is -0.160. The maximum Gasteiger partial charge on any atom is 0.155 e. The molecule has 1 aromatic heterocycles. The zero-order valence-electron chi connectivity index (χ0n) is 9.35. The third kappa shape index (κ3) is 1.57. The number of thiophene rings is 1. The first kappa shape index (κ1) is 10.3. The van der Waals surface area contributed by atoms with Crippen LogP contribution in [0.4, 0.5) is 0 Å². The van der Waals surface area contributed by atoms with Crippen LogP contribution in [0.1, 0.15) is 29.7 Å². The van der Waals surface area contributed by atoms with Crippen LogP contribution in [0.3, 0.4) is 0 Å². The number of hydrogen-bond acceptors (Lipinski definition) is 4. The van der Waals surface area contributed by atoms with Gasteiger partial charge in [-0.15, -0.1) is 11.3 Å². The van der Waals surface area contributed by atoms with E-state index in [-0.39, 0.29) is 6.23 Å². The summed E-state index contributed by atoms with van der Waals surface area (Å²) < 4.78 is 0. The fourth-order valence-corrected chi connectivity index (χ4v) is 3.10. The van der Waals surface area contributed by atoms with Crippen LogP contribution in [-0.2, 0) is 4.84 Å². The van der Waals surface area contributed by atoms with Crippen molar-refractivity contribution in [3.8, 4) is 0 Å². The van der Waals surface area contributed by atoms with Gasteiger partial charge in [0, 0.05) is 0 Å². The summed E-state index contributed by atoms with van der Waals surface area (Å²) in [7, 11) is 0. The molecule has 4 heteroatoms. The molecule has 2 N–H and O–H groups in total. The van der Waals surface area contributed by atoms with Crippen molar-refractivity contribution < 1.29 is 4.84 Å². The molecule has 1 aliphatic carbocycles. The van der Waals surface area contributed by atoms with Gasteiger partial charge in [0.1, 0.15) is 0 Å². The molecule has 16 heavy (non-hydrogen) atoms. The average Bonchev–Trinajstić information content (AvgIpc) is 2.70. The molecule has 3 rings (SSSR count). The van der Waals surface area contributed by atoms with E-state index in [4.69, 9.17) is 10.6 Å². The Labute approximate surface area is 99.5 Å². The summed E-state index contributed by atoms with van der Waals surface area (Å²) in [4.78, 5) is 6.97. The van der Waals surface area contributed by atoms with Crippen LogP contribution in [0, 0.1) is 6.92 Å². The predicted molar refractivity (Wildman–Crippen MR) is 65.6 cm³/mol. The number of nitrogens with zero attached hydrogens (tertiary/aromatic N) is 1. The van der Waals surface area contributed by atoms with E-state index in [1.165, 1.54) is 35.4 Å². The van der Waals surface area contributed by atoms with Gasteiger partial charge in [-0.3, -0.25) is 4.84 Å². The minimum absolute atomic E-state index is 0.280. The van der Waals surface area contributed by atoms with Gasteiger partial charge in [-0.1, -0.05) is 0 Å². The first-order chi connectivity index (χ1) is 7.75. The summed E-state index contributed by atoms with van der Waals surface area (Å²) in [5.74, 6) is 0. The fraction of sp³-hybridized carbons (Fsp3) is 0.500. The molecular formula is C12H16N2OS. The van der Waals surface area contributed by atoms with Gasteiger partial charge < -0.3 is 5.73 Å². The van der Waals surface area contributed by atoms with Gasteiger partial charge in [0.05, 0.1) is 16.6 Å². The van der Waals surface area contributed by atoms with Crippen molar-refractivity contribution in [3.05, 3.63) is 28.0 Å². The van der Waals surface area contributed by atoms with Gasteiger partial charge in [-0.05, 0) is 49.3 Å². The molecule has 1 saturated carbocycles. The number of hydroxylamine groups is 2. The Kier molecular flexibility index (Phi) is 2.50. The molecule has 2 aliphatic rings. The van der Waals surface area contributed by atoms with Gasteiger partial charge >= 0.3 is 0 Å². The van der Waals surface area contributed by atoms with Crippen molar-refractivity contribution in [2.75, 3.05) is 0 Å². The maximum atomic E-state index is 5.85. The lowest BCUT2D eigenvalue weighted by Crippen LogP contribution is -2.38. The summed E-state index contributed by atoms with van der Waals surface area (Å²) in [6.07, 6.45) is 5.48. The molecule has 1 fully saturated rings. The van der Waals surface area contributed by atoms with Crippen molar-refractivity contribution in [3.63, 3.8) is 0 Å². The number of rotatable bonds is 2. The second-order valence-electron chi connectivity index (χ2n) is 4.47. The van der Waals surface area contributed by atoms with Crippen LogP contribution in [0.2, 0.25) is 0 Å². The molecule has 1 unspecified atom stereocenters. The first-order valence-electron chi connectivity index (χ1n) is 5.73. The Bertz CT molecular complexity index is 422. The Hall–Kier alpha value is -0.840. The largest absolute Gasteiger partial charge is 0.301 e. The quantitative estimate of drug-likeness (QED) is 0.857. The van der Waals surface area contributed by atoms with E-state index in [9.17, 15) is 0 Å². The van der Waals surface area contributed by atoms with Gasteiger partial charge in [0.2, 0.25) is 0 Å². The highest BCUT2D eigenvalue weighted by atomic mass is 32.1. The molecule has 1 aliphatic heterocycles. The van der Waals surface area contributed by atoms with Gasteiger partial charge in [-0.2, -0.15) is 0 Å². The molecule has 1 aromatic rings. The molecule has 3 nitrogen and oxygen atoms in total. The Morgan fingerprint density at radius 3 is 2.88 bits per heavy atom. The smallest absolute Gasteiger partial charge is 0.155 e. The van der Waals surface area contributed by atoms with Gasteiger partial charge in [-0.25, -0.2) is 5.06 Å². The average molecular weight is 236 g/mol. The van der Waals surface area contributed by atoms with E-state index >= 15 is 0 Å². The molecule has 0 saturated heterocycles. The Morgan fingerprint density at radius 1 is 1.50 bits per heavy atom. The number of aryl methyl sites for hydroxylation is 1. The third-order valence-corrected chi connectivity index (χ3v) is 4.33. The second-order valence-corrected chi connectivity index (χ2v) is 5.38. The van der Waals surface area contributed by atoms with E-state index in [2.05, 4.69) is 18.4 Å². The monoisotopic (exact) mass is 236 g/mol. The van der Waals surface area contributed by atoms with E-state index in [0.717, 1.165) is 0 Å². The van der Waals surface area contributed by atoms with E-state index in [1.54, 1.807) is 11.3 Å². The zero-order valence-corrected chi connectivity index (χ0v) is 10.2. The lowest BCUT2D eigenvalue weighted by Gasteiger charge is -2.36. The van der Waals surface area contributed by atoms with E-state index in [0.29, 0.717) is 6.04 Å². The predicted octanol–water partition coefficient (Wildman–Crippen LogP) is 2.48. The summed E-state index contributed by atoms with van der Waals surface area (Å²) >= 11 is 1.76. The number of hydrogen-bond donors (Lipinski definition) is 1. The topological polar surface area (TPSA) is 38.5 Å². The molecule has 0 amide bonds. The SMILES string of the molecule is Cc1ccsc1C1=CC(N)ON1C1CCC1. The van der Waals surface area contributed by atoms with Crippen LogP contribution in [0.15, 0.2) is 17.5 Å². The summed E-state index contributed by atoms with van der Waals surface area (Å²) in [6, 6.07) is 2.67. The fourth-order valence-electron chi connectivity index (χ4n) is 2.16. The molecule has 0 spiro atoms. The minimum atomic E-state index is -0.280. The Balaban J connectivity index is 1.91. The molecular weight excluding hydrogens is 220 g/mol. The second kappa shape index (κ2) is 3.87. The van der Waals surface area contributed by atoms with Crippen molar-refractivity contribution >= 4 is 17.0 Å². The van der Waals surface area contributed by atoms with Crippen LogP contribution >= 0.6 is 11.3 Å². The highest BCUT2D eigenvalue weighted by Crippen LogP contribution is 2.38. The highest BCUT2D eigenvalue weighted by Gasteiger charge is 2.34. The van der Waals surface area contributed by atoms with Crippen molar-refractivity contribution in [1.82, 2.24) is 5.06 Å². The maximum absolute atomic E-state index is 5.85. The molecule has 0 bridgehead atoms. The van der Waals surface area contributed by atoms with Crippen LogP contribution in [0.25, 0.3) is 5.70 Å². The van der Waals surface area contributed by atoms with E-state index < -0.39 is 0 Å². The normalized spacial score (nSPS) is 25.8. The third-order valence-electron chi connectivity index (χ3n) is 3.30.